The van der Waals surface area contributed by atoms with Crippen molar-refractivity contribution in [3.05, 3.63) is 41.3 Å². The molecule has 5 nitrogen and oxygen atoms in total. The molecule has 0 saturated carbocycles. The number of carbonyl (C=O) groups excluding carboxylic acids is 1. The quantitative estimate of drug-likeness (QED) is 0.915. The second-order valence-electron chi connectivity index (χ2n) is 4.64. The summed E-state index contributed by atoms with van der Waals surface area (Å²) in [6.07, 6.45) is 1.35. The van der Waals surface area contributed by atoms with E-state index >= 15 is 0 Å². The number of hydrogen-bond donors (Lipinski definition) is 1. The van der Waals surface area contributed by atoms with Crippen molar-refractivity contribution in [1.29, 1.82) is 0 Å². The van der Waals surface area contributed by atoms with Crippen LogP contribution in [0, 0.1) is 6.92 Å². The van der Waals surface area contributed by atoms with Crippen LogP contribution in [0.4, 0.5) is 0 Å². The minimum atomic E-state index is -0.291. The summed E-state index contributed by atoms with van der Waals surface area (Å²) in [5.41, 5.74) is 2.04. The minimum absolute atomic E-state index is 0.191. The standard InChI is InChI=1S/C15H19NO4/c1-10-4-5-13(18-3)12(8-10)11(2)16-15(17)14-9-19-6-7-20-14/h4-5,8-9,11H,6-7H2,1-3H3,(H,16,17). The average molecular weight is 277 g/mol. The van der Waals surface area contributed by atoms with Crippen molar-refractivity contribution in [1.82, 2.24) is 5.32 Å². The number of amides is 1. The maximum atomic E-state index is 12.0. The average Bonchev–Trinajstić information content (AvgIpc) is 2.48. The van der Waals surface area contributed by atoms with E-state index in [4.69, 9.17) is 14.2 Å². The molecule has 0 aromatic heterocycles. The third-order valence-electron chi connectivity index (χ3n) is 3.07. The van der Waals surface area contributed by atoms with Gasteiger partial charge in [0.2, 0.25) is 5.76 Å². The lowest BCUT2D eigenvalue weighted by atomic mass is 10.0. The van der Waals surface area contributed by atoms with Crippen molar-refractivity contribution < 1.29 is 19.0 Å². The molecule has 1 aromatic carbocycles. The lowest BCUT2D eigenvalue weighted by Gasteiger charge is -2.20. The zero-order valence-corrected chi connectivity index (χ0v) is 11.9. The Kier molecular flexibility index (Phi) is 4.50. The smallest absolute Gasteiger partial charge is 0.290 e. The highest BCUT2D eigenvalue weighted by molar-refractivity contribution is 5.91. The number of hydrogen-bond acceptors (Lipinski definition) is 4. The van der Waals surface area contributed by atoms with Crippen molar-refractivity contribution in [3.63, 3.8) is 0 Å². The van der Waals surface area contributed by atoms with E-state index in [2.05, 4.69) is 5.32 Å². The summed E-state index contributed by atoms with van der Waals surface area (Å²) in [6, 6.07) is 5.67. The summed E-state index contributed by atoms with van der Waals surface area (Å²) in [7, 11) is 1.61. The van der Waals surface area contributed by atoms with Gasteiger partial charge < -0.3 is 19.5 Å². The molecule has 0 fully saturated rings. The van der Waals surface area contributed by atoms with E-state index in [1.807, 2.05) is 32.0 Å². The van der Waals surface area contributed by atoms with E-state index in [1.165, 1.54) is 6.26 Å². The molecule has 0 radical (unpaired) electrons. The molecular formula is C15H19NO4. The van der Waals surface area contributed by atoms with E-state index in [1.54, 1.807) is 7.11 Å². The van der Waals surface area contributed by atoms with Crippen LogP contribution in [0.3, 0.4) is 0 Å². The van der Waals surface area contributed by atoms with Gasteiger partial charge in [-0.05, 0) is 19.9 Å². The monoisotopic (exact) mass is 277 g/mol. The first-order valence-electron chi connectivity index (χ1n) is 6.52. The summed E-state index contributed by atoms with van der Waals surface area (Å²) in [4.78, 5) is 12.0. The maximum Gasteiger partial charge on any atom is 0.290 e. The lowest BCUT2D eigenvalue weighted by molar-refractivity contribution is -0.122. The minimum Gasteiger partial charge on any atom is -0.496 e. The number of carbonyl (C=O) groups is 1. The van der Waals surface area contributed by atoms with E-state index in [-0.39, 0.29) is 17.7 Å². The first kappa shape index (κ1) is 14.2. The third kappa shape index (κ3) is 3.23. The van der Waals surface area contributed by atoms with Crippen molar-refractivity contribution >= 4 is 5.91 Å². The van der Waals surface area contributed by atoms with Crippen LogP contribution in [0.5, 0.6) is 5.75 Å². The van der Waals surface area contributed by atoms with Crippen molar-refractivity contribution in [2.24, 2.45) is 0 Å². The Hall–Kier alpha value is -2.17. The van der Waals surface area contributed by atoms with Gasteiger partial charge in [-0.1, -0.05) is 17.7 Å². The Balaban J connectivity index is 2.11. The van der Waals surface area contributed by atoms with Gasteiger partial charge in [-0.2, -0.15) is 0 Å². The third-order valence-corrected chi connectivity index (χ3v) is 3.07. The predicted octanol–water partition coefficient (Wildman–Crippen LogP) is 2.07. The van der Waals surface area contributed by atoms with E-state index < -0.39 is 0 Å². The molecule has 1 atom stereocenters. The van der Waals surface area contributed by atoms with Gasteiger partial charge in [0, 0.05) is 5.56 Å². The molecule has 1 amide bonds. The molecule has 0 saturated heterocycles. The van der Waals surface area contributed by atoms with Gasteiger partial charge in [-0.3, -0.25) is 4.79 Å². The molecule has 2 rings (SSSR count). The molecule has 0 spiro atoms. The second kappa shape index (κ2) is 6.32. The van der Waals surface area contributed by atoms with Gasteiger partial charge >= 0.3 is 0 Å². The molecule has 0 aliphatic carbocycles. The fourth-order valence-electron chi connectivity index (χ4n) is 2.03. The van der Waals surface area contributed by atoms with Gasteiger partial charge in [0.05, 0.1) is 13.2 Å². The number of rotatable bonds is 4. The van der Waals surface area contributed by atoms with Gasteiger partial charge in [0.15, 0.2) is 0 Å². The Bertz CT molecular complexity index is 525. The number of nitrogens with one attached hydrogen (secondary N) is 1. The molecule has 1 heterocycles. The summed E-state index contributed by atoms with van der Waals surface area (Å²) in [5, 5.41) is 2.88. The molecular weight excluding hydrogens is 258 g/mol. The van der Waals surface area contributed by atoms with Crippen LogP contribution in [-0.2, 0) is 14.3 Å². The van der Waals surface area contributed by atoms with E-state index in [0.717, 1.165) is 16.9 Å². The van der Waals surface area contributed by atoms with Crippen molar-refractivity contribution in [2.45, 2.75) is 19.9 Å². The summed E-state index contributed by atoms with van der Waals surface area (Å²) in [6.45, 7) is 4.76. The van der Waals surface area contributed by atoms with Gasteiger partial charge in [0.25, 0.3) is 5.91 Å². The van der Waals surface area contributed by atoms with Crippen LogP contribution in [0.1, 0.15) is 24.1 Å². The predicted molar refractivity (Wildman–Crippen MR) is 74.3 cm³/mol. The second-order valence-corrected chi connectivity index (χ2v) is 4.64. The first-order chi connectivity index (χ1) is 9.61. The van der Waals surface area contributed by atoms with Gasteiger partial charge in [-0.15, -0.1) is 0 Å². The highest BCUT2D eigenvalue weighted by atomic mass is 16.6. The molecule has 0 bridgehead atoms. The first-order valence-corrected chi connectivity index (χ1v) is 6.52. The molecule has 1 aliphatic rings. The highest BCUT2D eigenvalue weighted by Crippen LogP contribution is 2.26. The molecule has 1 aromatic rings. The Morgan fingerprint density at radius 2 is 2.20 bits per heavy atom. The van der Waals surface area contributed by atoms with Crippen molar-refractivity contribution in [2.75, 3.05) is 20.3 Å². The molecule has 1 aliphatic heterocycles. The van der Waals surface area contributed by atoms with E-state index in [9.17, 15) is 4.79 Å². The highest BCUT2D eigenvalue weighted by Gasteiger charge is 2.19. The Labute approximate surface area is 118 Å². The van der Waals surface area contributed by atoms with Gasteiger partial charge in [-0.25, -0.2) is 0 Å². The molecule has 5 heteroatoms. The van der Waals surface area contributed by atoms with Crippen LogP contribution < -0.4 is 10.1 Å². The van der Waals surface area contributed by atoms with Gasteiger partial charge in [0.1, 0.15) is 25.2 Å². The zero-order chi connectivity index (χ0) is 14.5. The summed E-state index contributed by atoms with van der Waals surface area (Å²) < 4.78 is 15.7. The fraction of sp³-hybridized carbons (Fsp3) is 0.400. The zero-order valence-electron chi connectivity index (χ0n) is 11.9. The van der Waals surface area contributed by atoms with E-state index in [0.29, 0.717) is 13.2 Å². The molecule has 1 N–H and O–H groups in total. The number of benzene rings is 1. The Morgan fingerprint density at radius 1 is 1.40 bits per heavy atom. The number of ether oxygens (including phenoxy) is 3. The van der Waals surface area contributed by atoms with Crippen molar-refractivity contribution in [3.8, 4) is 5.75 Å². The molecule has 1 unspecified atom stereocenters. The van der Waals surface area contributed by atoms with Crippen LogP contribution in [-0.4, -0.2) is 26.2 Å². The van der Waals surface area contributed by atoms with Crippen LogP contribution in [0.15, 0.2) is 30.2 Å². The lowest BCUT2D eigenvalue weighted by Crippen LogP contribution is -2.30. The molecule has 108 valence electrons. The fourth-order valence-corrected chi connectivity index (χ4v) is 2.03. The van der Waals surface area contributed by atoms with Crippen LogP contribution in [0.2, 0.25) is 0 Å². The maximum absolute atomic E-state index is 12.0. The van der Waals surface area contributed by atoms with Crippen LogP contribution in [0.25, 0.3) is 0 Å². The van der Waals surface area contributed by atoms with Crippen LogP contribution >= 0.6 is 0 Å². The normalized spacial score (nSPS) is 15.4. The number of aryl methyl sites for hydroxylation is 1. The summed E-state index contributed by atoms with van der Waals surface area (Å²) in [5.74, 6) is 0.661. The number of methoxy groups -OCH3 is 1. The summed E-state index contributed by atoms with van der Waals surface area (Å²) >= 11 is 0. The largest absolute Gasteiger partial charge is 0.496 e. The SMILES string of the molecule is COc1ccc(C)cc1C(C)NC(=O)C1=COCCO1. The topological polar surface area (TPSA) is 56.8 Å². The Morgan fingerprint density at radius 3 is 2.85 bits per heavy atom. The molecule has 20 heavy (non-hydrogen) atoms.